The maximum absolute atomic E-state index is 13.9. The van der Waals surface area contributed by atoms with E-state index in [1.807, 2.05) is 0 Å². The minimum absolute atomic E-state index is 0.00206. The number of esters is 2. The standard InChI is InChI=1S/C28H39N3O9/c1-8-37-26(33)22-21(18-13-12-14-19(15-18)31(35)36)20(17(7)29-24(22)28(39-10-3)40-11-4)25(32)30-23(16(5)6)27(34)38-9-2/h12-16,21,23,28-29H,8-11H2,1-7H3,(H,30,32)/t21?,23-/m0/s1. The third kappa shape index (κ3) is 7.66. The molecule has 12 nitrogen and oxygen atoms in total. The molecule has 1 unspecified atom stereocenters. The lowest BCUT2D eigenvalue weighted by Gasteiger charge is -2.35. The summed E-state index contributed by atoms with van der Waals surface area (Å²) in [5.74, 6) is -3.44. The highest BCUT2D eigenvalue weighted by Crippen LogP contribution is 2.41. The zero-order valence-corrected chi connectivity index (χ0v) is 24.1. The number of hydrogen-bond acceptors (Lipinski definition) is 10. The predicted molar refractivity (Wildman–Crippen MR) is 146 cm³/mol. The van der Waals surface area contributed by atoms with Gasteiger partial charge in [0.25, 0.3) is 11.6 Å². The van der Waals surface area contributed by atoms with Crippen molar-refractivity contribution in [2.24, 2.45) is 5.92 Å². The molecule has 0 saturated carbocycles. The molecule has 40 heavy (non-hydrogen) atoms. The van der Waals surface area contributed by atoms with Gasteiger partial charge in [0.15, 0.2) is 6.29 Å². The van der Waals surface area contributed by atoms with Crippen LogP contribution in [0.1, 0.15) is 59.9 Å². The number of nitrogens with one attached hydrogen (secondary N) is 2. The lowest BCUT2D eigenvalue weighted by Crippen LogP contribution is -2.48. The predicted octanol–water partition coefficient (Wildman–Crippen LogP) is 3.48. The molecule has 2 atom stereocenters. The first-order valence-electron chi connectivity index (χ1n) is 13.4. The van der Waals surface area contributed by atoms with Gasteiger partial charge in [-0.1, -0.05) is 26.0 Å². The number of rotatable bonds is 14. The fraction of sp³-hybridized carbons (Fsp3) is 0.536. The molecule has 1 aliphatic rings. The van der Waals surface area contributed by atoms with Gasteiger partial charge in [0.2, 0.25) is 0 Å². The summed E-state index contributed by atoms with van der Waals surface area (Å²) >= 11 is 0. The minimum atomic E-state index is -1.12. The van der Waals surface area contributed by atoms with E-state index in [-0.39, 0.29) is 54.9 Å². The van der Waals surface area contributed by atoms with Crippen molar-refractivity contribution in [1.29, 1.82) is 0 Å². The summed E-state index contributed by atoms with van der Waals surface area (Å²) < 4.78 is 22.1. The summed E-state index contributed by atoms with van der Waals surface area (Å²) in [5, 5.41) is 17.5. The van der Waals surface area contributed by atoms with Crippen molar-refractivity contribution >= 4 is 23.5 Å². The number of nitro groups is 1. The number of allylic oxidation sites excluding steroid dienone is 1. The Hall–Kier alpha value is -3.77. The molecule has 1 aromatic carbocycles. The van der Waals surface area contributed by atoms with Gasteiger partial charge >= 0.3 is 11.9 Å². The highest BCUT2D eigenvalue weighted by atomic mass is 16.7. The maximum Gasteiger partial charge on any atom is 0.336 e. The van der Waals surface area contributed by atoms with E-state index in [1.54, 1.807) is 54.5 Å². The molecule has 1 amide bonds. The highest BCUT2D eigenvalue weighted by Gasteiger charge is 2.42. The van der Waals surface area contributed by atoms with E-state index in [0.717, 1.165) is 0 Å². The normalized spacial score (nSPS) is 16.1. The molecule has 1 aliphatic heterocycles. The molecule has 12 heteroatoms. The van der Waals surface area contributed by atoms with Gasteiger partial charge in [0, 0.05) is 36.6 Å². The Balaban J connectivity index is 2.83. The molecule has 0 aliphatic carbocycles. The monoisotopic (exact) mass is 561 g/mol. The molecule has 0 fully saturated rings. The quantitative estimate of drug-likeness (QED) is 0.149. The number of hydrogen-bond donors (Lipinski definition) is 2. The lowest BCUT2D eigenvalue weighted by atomic mass is 9.79. The number of carbonyl (C=O) groups excluding carboxylic acids is 3. The maximum atomic E-state index is 13.9. The van der Waals surface area contributed by atoms with Gasteiger partial charge in [-0.3, -0.25) is 14.9 Å². The lowest BCUT2D eigenvalue weighted by molar-refractivity contribution is -0.384. The Kier molecular flexibility index (Phi) is 12.3. The molecule has 220 valence electrons. The average molecular weight is 562 g/mol. The summed E-state index contributed by atoms with van der Waals surface area (Å²) in [4.78, 5) is 51.1. The Morgan fingerprint density at radius 2 is 1.62 bits per heavy atom. The van der Waals surface area contributed by atoms with Crippen LogP contribution in [-0.4, -0.2) is 61.5 Å². The number of carbonyl (C=O) groups is 3. The SMILES string of the molecule is CCOC(=O)C1=C(C(OCC)OCC)NC(C)=C(C(=O)N[C@H](C(=O)OCC)C(C)C)C1c1cccc([N+](=O)[O-])c1. The second kappa shape index (κ2) is 15.1. The first kappa shape index (κ1) is 32.4. The molecular formula is C28H39N3O9. The number of amides is 1. The van der Waals surface area contributed by atoms with Gasteiger partial charge in [0.1, 0.15) is 6.04 Å². The Bertz CT molecular complexity index is 1150. The van der Waals surface area contributed by atoms with Gasteiger partial charge in [-0.15, -0.1) is 0 Å². The number of dihydropyridines is 1. The number of nitro benzene ring substituents is 1. The highest BCUT2D eigenvalue weighted by molar-refractivity contribution is 6.03. The zero-order valence-electron chi connectivity index (χ0n) is 24.1. The molecule has 2 rings (SSSR count). The third-order valence-corrected chi connectivity index (χ3v) is 6.11. The van der Waals surface area contributed by atoms with Gasteiger partial charge in [-0.25, -0.2) is 9.59 Å². The van der Waals surface area contributed by atoms with Crippen molar-refractivity contribution in [2.45, 2.75) is 66.7 Å². The molecule has 1 heterocycles. The summed E-state index contributed by atoms with van der Waals surface area (Å²) in [6.45, 7) is 12.7. The van der Waals surface area contributed by atoms with E-state index in [4.69, 9.17) is 18.9 Å². The van der Waals surface area contributed by atoms with Crippen LogP contribution in [0.15, 0.2) is 46.8 Å². The summed E-state index contributed by atoms with van der Waals surface area (Å²) in [7, 11) is 0. The van der Waals surface area contributed by atoms with E-state index in [2.05, 4.69) is 10.6 Å². The van der Waals surface area contributed by atoms with Crippen LogP contribution in [0.2, 0.25) is 0 Å². The first-order chi connectivity index (χ1) is 19.0. The van der Waals surface area contributed by atoms with E-state index >= 15 is 0 Å². The third-order valence-electron chi connectivity index (χ3n) is 6.11. The van der Waals surface area contributed by atoms with Crippen LogP contribution >= 0.6 is 0 Å². The summed E-state index contributed by atoms with van der Waals surface area (Å²) in [5.41, 5.74) is 0.711. The van der Waals surface area contributed by atoms with E-state index in [0.29, 0.717) is 11.3 Å². The fourth-order valence-corrected chi connectivity index (χ4v) is 4.39. The van der Waals surface area contributed by atoms with E-state index in [1.165, 1.54) is 18.2 Å². The van der Waals surface area contributed by atoms with Crippen molar-refractivity contribution in [1.82, 2.24) is 10.6 Å². The van der Waals surface area contributed by atoms with Crippen LogP contribution in [0.3, 0.4) is 0 Å². The van der Waals surface area contributed by atoms with Gasteiger partial charge in [0.05, 0.1) is 35.3 Å². The van der Waals surface area contributed by atoms with Crippen LogP contribution in [0.5, 0.6) is 0 Å². The Labute approximate surface area is 234 Å². The van der Waals surface area contributed by atoms with Crippen molar-refractivity contribution in [3.05, 3.63) is 62.5 Å². The van der Waals surface area contributed by atoms with Gasteiger partial charge in [-0.05, 0) is 46.1 Å². The number of ether oxygens (including phenoxy) is 4. The molecule has 0 radical (unpaired) electrons. The smallest absolute Gasteiger partial charge is 0.336 e. The van der Waals surface area contributed by atoms with Crippen LogP contribution in [-0.2, 0) is 33.3 Å². The van der Waals surface area contributed by atoms with Crippen molar-refractivity contribution in [2.75, 3.05) is 26.4 Å². The van der Waals surface area contributed by atoms with E-state index < -0.39 is 41.0 Å². The van der Waals surface area contributed by atoms with E-state index in [9.17, 15) is 24.5 Å². The minimum Gasteiger partial charge on any atom is -0.464 e. The van der Waals surface area contributed by atoms with Gasteiger partial charge < -0.3 is 29.6 Å². The zero-order chi connectivity index (χ0) is 30.0. The van der Waals surface area contributed by atoms with Crippen molar-refractivity contribution < 1.29 is 38.3 Å². The second-order valence-corrected chi connectivity index (χ2v) is 9.19. The topological polar surface area (TPSA) is 155 Å². The van der Waals surface area contributed by atoms with Crippen molar-refractivity contribution in [3.8, 4) is 0 Å². The second-order valence-electron chi connectivity index (χ2n) is 9.19. The molecule has 0 saturated heterocycles. The molecule has 2 N–H and O–H groups in total. The van der Waals surface area contributed by atoms with Crippen LogP contribution < -0.4 is 10.6 Å². The molecule has 1 aromatic rings. The molecule has 0 aromatic heterocycles. The first-order valence-corrected chi connectivity index (χ1v) is 13.4. The summed E-state index contributed by atoms with van der Waals surface area (Å²) in [6, 6.07) is 4.70. The average Bonchev–Trinajstić information content (AvgIpc) is 2.90. The van der Waals surface area contributed by atoms with Crippen LogP contribution in [0.4, 0.5) is 5.69 Å². The van der Waals surface area contributed by atoms with Crippen LogP contribution in [0.25, 0.3) is 0 Å². The number of non-ortho nitro benzene ring substituents is 1. The fourth-order valence-electron chi connectivity index (χ4n) is 4.39. The number of benzene rings is 1. The summed E-state index contributed by atoms with van der Waals surface area (Å²) in [6.07, 6.45) is -1.02. The molecule has 0 bridgehead atoms. The number of nitrogens with zero attached hydrogens (tertiary/aromatic N) is 1. The molecular weight excluding hydrogens is 522 g/mol. The van der Waals surface area contributed by atoms with Crippen molar-refractivity contribution in [3.63, 3.8) is 0 Å². The van der Waals surface area contributed by atoms with Crippen LogP contribution in [0, 0.1) is 16.0 Å². The Morgan fingerprint density at radius 1 is 1.00 bits per heavy atom. The largest absolute Gasteiger partial charge is 0.464 e. The Morgan fingerprint density at radius 3 is 2.15 bits per heavy atom. The molecule has 0 spiro atoms. The van der Waals surface area contributed by atoms with Gasteiger partial charge in [-0.2, -0.15) is 0 Å².